The van der Waals surface area contributed by atoms with E-state index in [4.69, 9.17) is 14.8 Å². The lowest BCUT2D eigenvalue weighted by Crippen LogP contribution is -2.24. The molecular weight excluding hydrogens is 145 g/mol. The second kappa shape index (κ2) is 3.41. The highest BCUT2D eigenvalue weighted by Gasteiger charge is 2.41. The van der Waals surface area contributed by atoms with Gasteiger partial charge in [0.2, 0.25) is 0 Å². The monoisotopic (exact) mass is 155 g/mol. The molecule has 1 atom stereocenters. The first-order chi connectivity index (χ1) is 5.29. The van der Waals surface area contributed by atoms with Crippen LogP contribution in [-0.2, 0) is 14.2 Å². The number of rotatable bonds is 3. The van der Waals surface area contributed by atoms with Gasteiger partial charge in [-0.1, -0.05) is 6.92 Å². The van der Waals surface area contributed by atoms with Crippen molar-refractivity contribution in [1.29, 1.82) is 5.41 Å². The van der Waals surface area contributed by atoms with E-state index in [1.54, 1.807) is 0 Å². The molecule has 0 amide bonds. The first-order valence-corrected chi connectivity index (χ1v) is 3.60. The van der Waals surface area contributed by atoms with E-state index in [0.717, 1.165) is 6.40 Å². The molecule has 1 aliphatic heterocycles. The minimum Gasteiger partial charge on any atom is -0.548 e. The van der Waals surface area contributed by atoms with Crippen LogP contribution in [0.1, 0.15) is 13.3 Å². The van der Waals surface area contributed by atoms with E-state index in [9.17, 15) is 4.79 Å². The Hall–Kier alpha value is -0.995. The van der Waals surface area contributed by atoms with Crippen LogP contribution in [0.4, 0.5) is 0 Å². The molecule has 60 valence electrons. The lowest BCUT2D eigenvalue weighted by atomic mass is 9.57. The number of nitrogens with one attached hydrogen (secondary N) is 1. The highest BCUT2D eigenvalue weighted by Crippen LogP contribution is 2.23. The SMILES string of the molecule is CCC1B(OC=N)COC1=O. The highest BCUT2D eigenvalue weighted by atomic mass is 16.6. The Kier molecular flexibility index (Phi) is 2.51. The van der Waals surface area contributed by atoms with E-state index in [1.165, 1.54) is 0 Å². The van der Waals surface area contributed by atoms with Gasteiger partial charge in [-0.05, 0) is 6.42 Å². The zero-order valence-electron chi connectivity index (χ0n) is 6.37. The Morgan fingerprint density at radius 1 is 2.00 bits per heavy atom. The van der Waals surface area contributed by atoms with Gasteiger partial charge in [-0.3, -0.25) is 10.2 Å². The molecule has 0 aliphatic carbocycles. The van der Waals surface area contributed by atoms with Crippen molar-refractivity contribution in [3.63, 3.8) is 0 Å². The summed E-state index contributed by atoms with van der Waals surface area (Å²) >= 11 is 0. The van der Waals surface area contributed by atoms with Gasteiger partial charge in [-0.15, -0.1) is 0 Å². The summed E-state index contributed by atoms with van der Waals surface area (Å²) in [6.45, 7) is 1.94. The van der Waals surface area contributed by atoms with E-state index in [0.29, 0.717) is 6.42 Å². The van der Waals surface area contributed by atoms with Gasteiger partial charge in [0, 0.05) is 0 Å². The fourth-order valence-electron chi connectivity index (χ4n) is 1.19. The molecule has 0 radical (unpaired) electrons. The number of hydrogen-bond donors (Lipinski definition) is 1. The summed E-state index contributed by atoms with van der Waals surface area (Å²) in [5.74, 6) is -0.393. The lowest BCUT2D eigenvalue weighted by molar-refractivity contribution is -0.139. The minimum absolute atomic E-state index is 0.184. The van der Waals surface area contributed by atoms with E-state index >= 15 is 0 Å². The number of esters is 1. The van der Waals surface area contributed by atoms with Gasteiger partial charge in [0.25, 0.3) is 0 Å². The maximum Gasteiger partial charge on any atom is 0.411 e. The average Bonchev–Trinajstić information content (AvgIpc) is 2.33. The Morgan fingerprint density at radius 3 is 3.27 bits per heavy atom. The third-order valence-corrected chi connectivity index (χ3v) is 1.82. The standard InChI is InChI=1S/C6H10BNO3/c1-2-5-6(9)10-3-7(5)11-4-8/h4-5,8H,2-3H2,1H3. The van der Waals surface area contributed by atoms with Crippen LogP contribution in [0.25, 0.3) is 0 Å². The third-order valence-electron chi connectivity index (χ3n) is 1.82. The second-order valence-corrected chi connectivity index (χ2v) is 2.44. The molecule has 0 aromatic rings. The molecule has 1 aliphatic rings. The van der Waals surface area contributed by atoms with Crippen LogP contribution in [0, 0.1) is 5.41 Å². The summed E-state index contributed by atoms with van der Waals surface area (Å²) in [6.07, 6.45) is 1.56. The van der Waals surface area contributed by atoms with Crippen LogP contribution in [0.2, 0.25) is 5.82 Å². The largest absolute Gasteiger partial charge is 0.548 e. The number of carbonyl (C=O) groups is 1. The quantitative estimate of drug-likeness (QED) is 0.279. The van der Waals surface area contributed by atoms with Gasteiger partial charge in [0.05, 0.1) is 5.82 Å². The van der Waals surface area contributed by atoms with E-state index in [1.807, 2.05) is 6.92 Å². The number of carbonyl (C=O) groups excluding carboxylic acids is 1. The zero-order valence-corrected chi connectivity index (χ0v) is 6.37. The van der Waals surface area contributed by atoms with Crippen LogP contribution >= 0.6 is 0 Å². The predicted octanol–water partition coefficient (Wildman–Crippen LogP) is 0.478. The molecule has 5 heteroatoms. The molecule has 1 saturated heterocycles. The van der Waals surface area contributed by atoms with Crippen LogP contribution in [0.5, 0.6) is 0 Å². The molecule has 0 saturated carbocycles. The van der Waals surface area contributed by atoms with Crippen molar-refractivity contribution in [3.8, 4) is 0 Å². The normalized spacial score (nSPS) is 23.2. The van der Waals surface area contributed by atoms with E-state index in [2.05, 4.69) is 0 Å². The molecule has 4 nitrogen and oxygen atoms in total. The van der Waals surface area contributed by atoms with Crippen molar-refractivity contribution in [2.45, 2.75) is 19.2 Å². The summed E-state index contributed by atoms with van der Waals surface area (Å²) in [5.41, 5.74) is 0. The molecule has 11 heavy (non-hydrogen) atoms. The van der Waals surface area contributed by atoms with Gasteiger partial charge >= 0.3 is 12.9 Å². The third kappa shape index (κ3) is 1.53. The van der Waals surface area contributed by atoms with Crippen LogP contribution in [0.3, 0.4) is 0 Å². The maximum atomic E-state index is 10.9. The van der Waals surface area contributed by atoms with Crippen molar-refractivity contribution in [1.82, 2.24) is 0 Å². The molecule has 1 rings (SSSR count). The fraction of sp³-hybridized carbons (Fsp3) is 0.667. The van der Waals surface area contributed by atoms with Gasteiger partial charge in [-0.25, -0.2) is 0 Å². The molecule has 0 aromatic carbocycles. The first-order valence-electron chi connectivity index (χ1n) is 3.60. The van der Waals surface area contributed by atoms with E-state index in [-0.39, 0.29) is 25.2 Å². The second-order valence-electron chi connectivity index (χ2n) is 2.44. The highest BCUT2D eigenvalue weighted by molar-refractivity contribution is 6.61. The molecule has 1 heterocycles. The number of hydrogen-bond acceptors (Lipinski definition) is 4. The van der Waals surface area contributed by atoms with Crippen molar-refractivity contribution in [2.75, 3.05) is 6.51 Å². The van der Waals surface area contributed by atoms with Crippen LogP contribution < -0.4 is 0 Å². The van der Waals surface area contributed by atoms with Crippen LogP contribution in [-0.4, -0.2) is 25.8 Å². The topological polar surface area (TPSA) is 59.4 Å². The van der Waals surface area contributed by atoms with Crippen LogP contribution in [0.15, 0.2) is 0 Å². The van der Waals surface area contributed by atoms with Gasteiger partial charge in [-0.2, -0.15) is 0 Å². The molecule has 1 unspecified atom stereocenters. The summed E-state index contributed by atoms with van der Waals surface area (Å²) < 4.78 is 9.63. The number of ether oxygens (including phenoxy) is 1. The van der Waals surface area contributed by atoms with E-state index < -0.39 is 0 Å². The molecule has 0 bridgehead atoms. The van der Waals surface area contributed by atoms with Crippen molar-refractivity contribution in [3.05, 3.63) is 0 Å². The first kappa shape index (κ1) is 8.10. The Labute approximate surface area is 65.5 Å². The molecule has 1 N–H and O–H groups in total. The summed E-state index contributed by atoms with van der Waals surface area (Å²) in [5, 5.41) is 6.68. The molecule has 1 fully saturated rings. The Balaban J connectivity index is 2.53. The Morgan fingerprint density at radius 2 is 2.73 bits per heavy atom. The maximum absolute atomic E-state index is 10.9. The summed E-state index contributed by atoms with van der Waals surface area (Å²) in [4.78, 5) is 10.9. The molecule has 0 spiro atoms. The Bertz CT molecular complexity index is 173. The summed E-state index contributed by atoms with van der Waals surface area (Å²) in [7, 11) is 0. The molecule has 0 aromatic heterocycles. The van der Waals surface area contributed by atoms with Gasteiger partial charge in [0.1, 0.15) is 12.9 Å². The minimum atomic E-state index is -0.245. The van der Waals surface area contributed by atoms with Gasteiger partial charge < -0.3 is 9.39 Å². The smallest absolute Gasteiger partial charge is 0.411 e. The van der Waals surface area contributed by atoms with Crippen molar-refractivity contribution < 1.29 is 14.2 Å². The number of cyclic esters (lactones) is 1. The lowest BCUT2D eigenvalue weighted by Gasteiger charge is -2.06. The zero-order chi connectivity index (χ0) is 8.27. The molecular formula is C6H10BNO3. The van der Waals surface area contributed by atoms with Crippen molar-refractivity contribution in [2.24, 2.45) is 0 Å². The summed E-state index contributed by atoms with van der Waals surface area (Å²) in [6, 6.07) is 0. The van der Waals surface area contributed by atoms with Crippen molar-refractivity contribution >= 4 is 19.3 Å². The predicted molar refractivity (Wildman–Crippen MR) is 40.6 cm³/mol. The van der Waals surface area contributed by atoms with Gasteiger partial charge in [0.15, 0.2) is 0 Å². The fourth-order valence-corrected chi connectivity index (χ4v) is 1.19. The average molecular weight is 155 g/mol.